The highest BCUT2D eigenvalue weighted by Crippen LogP contribution is 2.27. The third kappa shape index (κ3) is 3.83. The Morgan fingerprint density at radius 2 is 2.10 bits per heavy atom. The average Bonchev–Trinajstić information content (AvgIpc) is 2.82. The van der Waals surface area contributed by atoms with Crippen LogP contribution in [-0.2, 0) is 6.54 Å². The standard InChI is InChI=1S/C16H23ClN4/c1-4-9-18-15(14-8-6-7-12(3)20-14)16-13(17)11-19-21(16)10-5-2/h6-8,11,15,18H,4-5,9-10H2,1-3H3. The van der Waals surface area contributed by atoms with Crippen LogP contribution in [0.15, 0.2) is 24.4 Å². The zero-order chi connectivity index (χ0) is 15.2. The van der Waals surface area contributed by atoms with Gasteiger partial charge in [-0.15, -0.1) is 0 Å². The lowest BCUT2D eigenvalue weighted by Gasteiger charge is -2.20. The summed E-state index contributed by atoms with van der Waals surface area (Å²) in [5.74, 6) is 0. The van der Waals surface area contributed by atoms with E-state index in [0.717, 1.165) is 43.0 Å². The van der Waals surface area contributed by atoms with Crippen LogP contribution in [0.5, 0.6) is 0 Å². The highest BCUT2D eigenvalue weighted by atomic mass is 35.5. The number of nitrogens with one attached hydrogen (secondary N) is 1. The first-order valence-corrected chi connectivity index (χ1v) is 7.93. The van der Waals surface area contributed by atoms with Gasteiger partial charge in [0.1, 0.15) is 0 Å². The summed E-state index contributed by atoms with van der Waals surface area (Å²) in [5, 5.41) is 8.64. The normalized spacial score (nSPS) is 12.6. The molecule has 2 heterocycles. The van der Waals surface area contributed by atoms with Crippen molar-refractivity contribution in [1.82, 2.24) is 20.1 Å². The van der Waals surface area contributed by atoms with Crippen LogP contribution in [0.3, 0.4) is 0 Å². The molecule has 0 spiro atoms. The Bertz CT molecular complexity index is 579. The van der Waals surface area contributed by atoms with E-state index in [2.05, 4.69) is 29.2 Å². The van der Waals surface area contributed by atoms with Crippen molar-refractivity contribution in [2.75, 3.05) is 6.54 Å². The Kier molecular flexibility index (Phi) is 5.76. The molecule has 4 nitrogen and oxygen atoms in total. The average molecular weight is 307 g/mol. The first-order valence-electron chi connectivity index (χ1n) is 7.55. The molecule has 114 valence electrons. The molecule has 0 saturated carbocycles. The largest absolute Gasteiger partial charge is 0.304 e. The molecule has 1 atom stereocenters. The fourth-order valence-electron chi connectivity index (χ4n) is 2.40. The van der Waals surface area contributed by atoms with Gasteiger partial charge in [-0.1, -0.05) is 31.5 Å². The van der Waals surface area contributed by atoms with Crippen LogP contribution in [0.1, 0.15) is 49.8 Å². The quantitative estimate of drug-likeness (QED) is 0.847. The number of pyridine rings is 1. The van der Waals surface area contributed by atoms with Gasteiger partial charge in [-0.2, -0.15) is 5.10 Å². The molecule has 2 aromatic heterocycles. The van der Waals surface area contributed by atoms with Crippen LogP contribution in [0, 0.1) is 6.92 Å². The molecule has 0 aliphatic heterocycles. The van der Waals surface area contributed by atoms with Crippen LogP contribution < -0.4 is 5.32 Å². The van der Waals surface area contributed by atoms with E-state index in [1.165, 1.54) is 0 Å². The maximum atomic E-state index is 6.39. The highest BCUT2D eigenvalue weighted by molar-refractivity contribution is 6.31. The van der Waals surface area contributed by atoms with E-state index in [4.69, 9.17) is 11.6 Å². The minimum absolute atomic E-state index is 0.0219. The van der Waals surface area contributed by atoms with Crippen molar-refractivity contribution in [3.8, 4) is 0 Å². The molecule has 5 heteroatoms. The van der Waals surface area contributed by atoms with E-state index < -0.39 is 0 Å². The minimum Gasteiger partial charge on any atom is -0.304 e. The molecular formula is C16H23ClN4. The topological polar surface area (TPSA) is 42.7 Å². The molecule has 0 bridgehead atoms. The summed E-state index contributed by atoms with van der Waals surface area (Å²) in [6.07, 6.45) is 3.80. The van der Waals surface area contributed by atoms with Crippen LogP contribution in [0.25, 0.3) is 0 Å². The predicted molar refractivity (Wildman–Crippen MR) is 86.6 cm³/mol. The second kappa shape index (κ2) is 7.57. The zero-order valence-corrected chi connectivity index (χ0v) is 13.7. The Labute approximate surface area is 131 Å². The van der Waals surface area contributed by atoms with E-state index >= 15 is 0 Å². The fraction of sp³-hybridized carbons (Fsp3) is 0.500. The summed E-state index contributed by atoms with van der Waals surface area (Å²) in [5.41, 5.74) is 3.00. The molecule has 21 heavy (non-hydrogen) atoms. The molecule has 2 aromatic rings. The van der Waals surface area contributed by atoms with Gasteiger partial charge in [0.15, 0.2) is 0 Å². The maximum absolute atomic E-state index is 6.39. The second-order valence-electron chi connectivity index (χ2n) is 5.19. The maximum Gasteiger partial charge on any atom is 0.0937 e. The summed E-state index contributed by atoms with van der Waals surface area (Å²) < 4.78 is 1.99. The van der Waals surface area contributed by atoms with Crippen molar-refractivity contribution < 1.29 is 0 Å². The van der Waals surface area contributed by atoms with Crippen molar-refractivity contribution in [2.24, 2.45) is 0 Å². The SMILES string of the molecule is CCCNC(c1cccc(C)n1)c1c(Cl)cnn1CCC. The summed E-state index contributed by atoms with van der Waals surface area (Å²) in [7, 11) is 0. The van der Waals surface area contributed by atoms with Crippen molar-refractivity contribution in [2.45, 2.75) is 46.2 Å². The zero-order valence-electron chi connectivity index (χ0n) is 12.9. The van der Waals surface area contributed by atoms with Gasteiger partial charge in [0.25, 0.3) is 0 Å². The number of aromatic nitrogens is 3. The summed E-state index contributed by atoms with van der Waals surface area (Å²) in [6.45, 7) is 8.06. The third-order valence-corrected chi connectivity index (χ3v) is 3.64. The monoisotopic (exact) mass is 306 g/mol. The molecule has 0 amide bonds. The van der Waals surface area contributed by atoms with Gasteiger partial charge >= 0.3 is 0 Å². The molecule has 1 unspecified atom stereocenters. The number of hydrogen-bond donors (Lipinski definition) is 1. The van der Waals surface area contributed by atoms with Crippen molar-refractivity contribution in [3.63, 3.8) is 0 Å². The Morgan fingerprint density at radius 3 is 2.76 bits per heavy atom. The van der Waals surface area contributed by atoms with Gasteiger partial charge in [0.05, 0.1) is 28.6 Å². The van der Waals surface area contributed by atoms with Gasteiger partial charge in [0.2, 0.25) is 0 Å². The smallest absolute Gasteiger partial charge is 0.0937 e. The van der Waals surface area contributed by atoms with Gasteiger partial charge in [-0.25, -0.2) is 0 Å². The third-order valence-electron chi connectivity index (χ3n) is 3.35. The van der Waals surface area contributed by atoms with Gasteiger partial charge in [0, 0.05) is 12.2 Å². The molecule has 0 saturated heterocycles. The molecule has 0 aliphatic rings. The van der Waals surface area contributed by atoms with Crippen LogP contribution in [-0.4, -0.2) is 21.3 Å². The molecule has 0 aliphatic carbocycles. The van der Waals surface area contributed by atoms with E-state index in [9.17, 15) is 0 Å². The minimum atomic E-state index is -0.0219. The number of hydrogen-bond acceptors (Lipinski definition) is 3. The van der Waals surface area contributed by atoms with Crippen LogP contribution in [0.2, 0.25) is 5.02 Å². The number of rotatable bonds is 7. The lowest BCUT2D eigenvalue weighted by Crippen LogP contribution is -2.27. The fourth-order valence-corrected chi connectivity index (χ4v) is 2.65. The molecule has 1 N–H and O–H groups in total. The number of halogens is 1. The molecule has 0 fully saturated rings. The van der Waals surface area contributed by atoms with Crippen LogP contribution in [0.4, 0.5) is 0 Å². The van der Waals surface area contributed by atoms with E-state index in [0.29, 0.717) is 5.02 Å². The molecule has 0 aromatic carbocycles. The highest BCUT2D eigenvalue weighted by Gasteiger charge is 2.22. The second-order valence-corrected chi connectivity index (χ2v) is 5.60. The molecule has 0 radical (unpaired) electrons. The lowest BCUT2D eigenvalue weighted by atomic mass is 10.1. The van der Waals surface area contributed by atoms with Gasteiger partial charge in [-0.3, -0.25) is 9.67 Å². The van der Waals surface area contributed by atoms with E-state index in [1.807, 2.05) is 29.8 Å². The lowest BCUT2D eigenvalue weighted by molar-refractivity contribution is 0.505. The number of aryl methyl sites for hydroxylation is 2. The van der Waals surface area contributed by atoms with Gasteiger partial charge < -0.3 is 5.32 Å². The van der Waals surface area contributed by atoms with Crippen LogP contribution >= 0.6 is 11.6 Å². The summed E-state index contributed by atoms with van der Waals surface area (Å²) in [6, 6.07) is 6.06. The van der Waals surface area contributed by atoms with Crippen molar-refractivity contribution in [3.05, 3.63) is 46.5 Å². The van der Waals surface area contributed by atoms with E-state index in [-0.39, 0.29) is 6.04 Å². The first kappa shape index (κ1) is 16.0. The Morgan fingerprint density at radius 1 is 1.29 bits per heavy atom. The number of nitrogens with zero attached hydrogens (tertiary/aromatic N) is 3. The molecular weight excluding hydrogens is 284 g/mol. The summed E-state index contributed by atoms with van der Waals surface area (Å²) >= 11 is 6.39. The van der Waals surface area contributed by atoms with Gasteiger partial charge in [-0.05, 0) is 38.4 Å². The Balaban J connectivity index is 2.42. The predicted octanol–water partition coefficient (Wildman–Crippen LogP) is 3.74. The first-order chi connectivity index (χ1) is 10.2. The molecule has 2 rings (SSSR count). The Hall–Kier alpha value is -1.39. The van der Waals surface area contributed by atoms with Crippen molar-refractivity contribution in [1.29, 1.82) is 0 Å². The van der Waals surface area contributed by atoms with E-state index in [1.54, 1.807) is 6.20 Å². The van der Waals surface area contributed by atoms with Crippen molar-refractivity contribution >= 4 is 11.6 Å². The summed E-state index contributed by atoms with van der Waals surface area (Å²) in [4.78, 5) is 4.66.